The van der Waals surface area contributed by atoms with Crippen molar-refractivity contribution >= 4 is 11.6 Å². The van der Waals surface area contributed by atoms with Crippen LogP contribution in [0.3, 0.4) is 0 Å². The molecule has 90 valence electrons. The fraction of sp³-hybridized carbons (Fsp3) is 0.636. The zero-order valence-corrected chi connectivity index (χ0v) is 10.4. The lowest BCUT2D eigenvalue weighted by Crippen LogP contribution is -2.21. The fourth-order valence-electron chi connectivity index (χ4n) is 1.54. The van der Waals surface area contributed by atoms with Crippen LogP contribution in [0, 0.1) is 13.8 Å². The molecule has 1 aromatic heterocycles. The molecule has 0 aliphatic rings. The van der Waals surface area contributed by atoms with E-state index >= 15 is 0 Å². The molecule has 16 heavy (non-hydrogen) atoms. The molecule has 1 rings (SSSR count). The largest absolute Gasteiger partial charge is 0.323 e. The molecule has 0 saturated carbocycles. The number of carbonyl (C=O) groups is 1. The second-order valence-corrected chi connectivity index (χ2v) is 3.82. The Labute approximate surface area is 96.2 Å². The van der Waals surface area contributed by atoms with E-state index < -0.39 is 0 Å². The van der Waals surface area contributed by atoms with Gasteiger partial charge in [0, 0.05) is 20.0 Å². The molecule has 0 saturated heterocycles. The van der Waals surface area contributed by atoms with E-state index in [1.807, 2.05) is 27.8 Å². The van der Waals surface area contributed by atoms with Crippen molar-refractivity contribution in [3.63, 3.8) is 0 Å². The summed E-state index contributed by atoms with van der Waals surface area (Å²) < 4.78 is 1.77. The third kappa shape index (κ3) is 3.06. The predicted molar refractivity (Wildman–Crippen MR) is 64.5 cm³/mol. The molecule has 2 N–H and O–H groups in total. The summed E-state index contributed by atoms with van der Waals surface area (Å²) in [4.78, 5) is 11.6. The number of aryl methyl sites for hydroxylation is 2. The van der Waals surface area contributed by atoms with Crippen molar-refractivity contribution in [1.29, 1.82) is 0 Å². The highest BCUT2D eigenvalue weighted by Gasteiger charge is 2.11. The molecular weight excluding hydrogens is 204 g/mol. The minimum atomic E-state index is 0.0279. The molecule has 0 unspecified atom stereocenters. The van der Waals surface area contributed by atoms with E-state index in [9.17, 15) is 4.79 Å². The van der Waals surface area contributed by atoms with E-state index in [0.29, 0.717) is 13.0 Å². The molecule has 0 aliphatic carbocycles. The van der Waals surface area contributed by atoms with Gasteiger partial charge in [0.1, 0.15) is 0 Å². The van der Waals surface area contributed by atoms with Gasteiger partial charge in [0.25, 0.3) is 0 Å². The lowest BCUT2D eigenvalue weighted by atomic mass is 10.3. The van der Waals surface area contributed by atoms with E-state index in [0.717, 1.165) is 23.6 Å². The van der Waals surface area contributed by atoms with Crippen LogP contribution >= 0.6 is 0 Å². The highest BCUT2D eigenvalue weighted by atomic mass is 16.1. The number of carbonyl (C=O) groups excluding carboxylic acids is 1. The molecule has 0 aliphatic heterocycles. The molecule has 0 atom stereocenters. The second kappa shape index (κ2) is 5.65. The number of nitrogens with one attached hydrogen (secondary N) is 2. The molecule has 5 heteroatoms. The topological polar surface area (TPSA) is 59.0 Å². The minimum Gasteiger partial charge on any atom is -0.323 e. The van der Waals surface area contributed by atoms with Crippen LogP contribution in [0.5, 0.6) is 0 Å². The first-order valence-electron chi connectivity index (χ1n) is 5.57. The van der Waals surface area contributed by atoms with Crippen LogP contribution in [0.2, 0.25) is 0 Å². The first-order chi connectivity index (χ1) is 7.56. The summed E-state index contributed by atoms with van der Waals surface area (Å²) in [6.45, 7) is 7.46. The van der Waals surface area contributed by atoms with Crippen LogP contribution in [0.15, 0.2) is 0 Å². The number of anilines is 1. The summed E-state index contributed by atoms with van der Waals surface area (Å²) in [6, 6.07) is 0. The smallest absolute Gasteiger partial charge is 0.225 e. The maximum atomic E-state index is 11.6. The van der Waals surface area contributed by atoms with Crippen molar-refractivity contribution in [3.8, 4) is 0 Å². The Kier molecular flexibility index (Phi) is 4.49. The van der Waals surface area contributed by atoms with Crippen molar-refractivity contribution in [2.75, 3.05) is 18.4 Å². The monoisotopic (exact) mass is 224 g/mol. The van der Waals surface area contributed by atoms with Gasteiger partial charge in [-0.25, -0.2) is 0 Å². The summed E-state index contributed by atoms with van der Waals surface area (Å²) in [5, 5.41) is 10.3. The van der Waals surface area contributed by atoms with Crippen molar-refractivity contribution < 1.29 is 4.79 Å². The van der Waals surface area contributed by atoms with E-state index in [-0.39, 0.29) is 5.91 Å². The Morgan fingerprint density at radius 1 is 1.44 bits per heavy atom. The number of hydrogen-bond acceptors (Lipinski definition) is 3. The zero-order valence-electron chi connectivity index (χ0n) is 10.4. The maximum absolute atomic E-state index is 11.6. The van der Waals surface area contributed by atoms with Gasteiger partial charge in [-0.15, -0.1) is 0 Å². The third-order valence-electron chi connectivity index (χ3n) is 2.55. The molecule has 1 aromatic rings. The normalized spacial score (nSPS) is 10.5. The van der Waals surface area contributed by atoms with Gasteiger partial charge >= 0.3 is 0 Å². The molecule has 0 aromatic carbocycles. The molecule has 0 radical (unpaired) electrons. The zero-order chi connectivity index (χ0) is 12.1. The average molecular weight is 224 g/mol. The molecule has 0 spiro atoms. The van der Waals surface area contributed by atoms with E-state index in [1.54, 1.807) is 4.68 Å². The van der Waals surface area contributed by atoms with Gasteiger partial charge in [0.2, 0.25) is 5.91 Å². The second-order valence-electron chi connectivity index (χ2n) is 3.82. The number of amides is 1. The Hall–Kier alpha value is -1.36. The molecule has 1 amide bonds. The highest BCUT2D eigenvalue weighted by molar-refractivity contribution is 5.91. The lowest BCUT2D eigenvalue weighted by molar-refractivity contribution is -0.116. The van der Waals surface area contributed by atoms with Crippen LogP contribution in [-0.4, -0.2) is 28.8 Å². The number of rotatable bonds is 5. The quantitative estimate of drug-likeness (QED) is 0.733. The van der Waals surface area contributed by atoms with Crippen LogP contribution in [0.4, 0.5) is 5.69 Å². The van der Waals surface area contributed by atoms with Gasteiger partial charge in [-0.1, -0.05) is 6.92 Å². The summed E-state index contributed by atoms with van der Waals surface area (Å²) in [7, 11) is 1.87. The molecule has 0 bridgehead atoms. The summed E-state index contributed by atoms with van der Waals surface area (Å²) in [5.41, 5.74) is 2.68. The summed E-state index contributed by atoms with van der Waals surface area (Å²) in [5.74, 6) is 0.0279. The lowest BCUT2D eigenvalue weighted by Gasteiger charge is -2.05. The number of hydrogen-bond donors (Lipinski definition) is 2. The first-order valence-corrected chi connectivity index (χ1v) is 5.57. The van der Waals surface area contributed by atoms with Crippen LogP contribution in [0.1, 0.15) is 24.7 Å². The predicted octanol–water partition coefficient (Wildman–Crippen LogP) is 0.975. The third-order valence-corrected chi connectivity index (χ3v) is 2.55. The van der Waals surface area contributed by atoms with Gasteiger partial charge in [0.15, 0.2) is 0 Å². The van der Waals surface area contributed by atoms with Gasteiger partial charge in [0.05, 0.1) is 17.1 Å². The Balaban J connectivity index is 2.56. The van der Waals surface area contributed by atoms with Crippen molar-refractivity contribution in [2.24, 2.45) is 7.05 Å². The minimum absolute atomic E-state index is 0.0279. The van der Waals surface area contributed by atoms with E-state index in [2.05, 4.69) is 15.7 Å². The number of aromatic nitrogens is 2. The average Bonchev–Trinajstić information content (AvgIpc) is 2.46. The van der Waals surface area contributed by atoms with Crippen molar-refractivity contribution in [3.05, 3.63) is 11.4 Å². The SMILES string of the molecule is CCNCCC(=O)Nc1c(C)nn(C)c1C. The fourth-order valence-corrected chi connectivity index (χ4v) is 1.54. The van der Waals surface area contributed by atoms with Gasteiger partial charge in [-0.3, -0.25) is 9.48 Å². The molecule has 5 nitrogen and oxygen atoms in total. The molecule has 1 heterocycles. The van der Waals surface area contributed by atoms with Gasteiger partial charge in [-0.05, 0) is 20.4 Å². The van der Waals surface area contributed by atoms with Crippen LogP contribution in [0.25, 0.3) is 0 Å². The Morgan fingerprint density at radius 2 is 2.12 bits per heavy atom. The van der Waals surface area contributed by atoms with Crippen molar-refractivity contribution in [2.45, 2.75) is 27.2 Å². The van der Waals surface area contributed by atoms with Gasteiger partial charge in [-0.2, -0.15) is 5.10 Å². The number of nitrogens with zero attached hydrogens (tertiary/aromatic N) is 2. The van der Waals surface area contributed by atoms with E-state index in [1.165, 1.54) is 0 Å². The molecule has 0 fully saturated rings. The highest BCUT2D eigenvalue weighted by Crippen LogP contribution is 2.18. The Bertz CT molecular complexity index is 370. The maximum Gasteiger partial charge on any atom is 0.225 e. The Morgan fingerprint density at radius 3 is 2.62 bits per heavy atom. The van der Waals surface area contributed by atoms with Crippen LogP contribution in [-0.2, 0) is 11.8 Å². The summed E-state index contributed by atoms with van der Waals surface area (Å²) in [6.07, 6.45) is 0.488. The van der Waals surface area contributed by atoms with Crippen molar-refractivity contribution in [1.82, 2.24) is 15.1 Å². The standard InChI is InChI=1S/C11H20N4O/c1-5-12-7-6-10(16)13-11-8(2)14-15(4)9(11)3/h12H,5-7H2,1-4H3,(H,13,16). The van der Waals surface area contributed by atoms with Gasteiger partial charge < -0.3 is 10.6 Å². The van der Waals surface area contributed by atoms with Crippen LogP contribution < -0.4 is 10.6 Å². The van der Waals surface area contributed by atoms with E-state index in [4.69, 9.17) is 0 Å². The summed E-state index contributed by atoms with van der Waals surface area (Å²) >= 11 is 0. The molecular formula is C11H20N4O. The first kappa shape index (κ1) is 12.7.